The fraction of sp³-hybridized carbons (Fsp3) is 0.533. The minimum absolute atomic E-state index is 0.239. The number of hydrogen-bond acceptors (Lipinski definition) is 2. The summed E-state index contributed by atoms with van der Waals surface area (Å²) in [7, 11) is 0. The van der Waals surface area contributed by atoms with Gasteiger partial charge in [-0.15, -0.1) is 0 Å². The number of imidazole rings is 1. The number of hydrogen-bond donors (Lipinski definition) is 1. The lowest BCUT2D eigenvalue weighted by molar-refractivity contribution is 0.515. The van der Waals surface area contributed by atoms with E-state index in [9.17, 15) is 4.39 Å². The summed E-state index contributed by atoms with van der Waals surface area (Å²) in [5, 5.41) is 0. The quantitative estimate of drug-likeness (QED) is 0.895. The zero-order chi connectivity index (χ0) is 14.0. The van der Waals surface area contributed by atoms with E-state index in [2.05, 4.69) is 30.3 Å². The van der Waals surface area contributed by atoms with Gasteiger partial charge in [0.15, 0.2) is 0 Å². The molecule has 1 aromatic heterocycles. The number of halogens is 1. The molecule has 1 atom stereocenters. The first-order valence-electron chi connectivity index (χ1n) is 6.95. The fourth-order valence-electron chi connectivity index (χ4n) is 2.62. The van der Waals surface area contributed by atoms with E-state index in [0.29, 0.717) is 6.54 Å². The van der Waals surface area contributed by atoms with Crippen molar-refractivity contribution in [1.29, 1.82) is 0 Å². The fourth-order valence-corrected chi connectivity index (χ4v) is 2.62. The van der Waals surface area contributed by atoms with Gasteiger partial charge in [0.05, 0.1) is 11.0 Å². The Morgan fingerprint density at radius 1 is 1.37 bits per heavy atom. The van der Waals surface area contributed by atoms with Crippen LogP contribution in [0.25, 0.3) is 11.0 Å². The van der Waals surface area contributed by atoms with Crippen LogP contribution in [0.5, 0.6) is 0 Å². The van der Waals surface area contributed by atoms with Crippen molar-refractivity contribution in [3.63, 3.8) is 0 Å². The molecule has 1 heterocycles. The van der Waals surface area contributed by atoms with Crippen LogP contribution >= 0.6 is 0 Å². The lowest BCUT2D eigenvalue weighted by Crippen LogP contribution is -2.18. The first kappa shape index (κ1) is 14.0. The molecule has 0 bridgehead atoms. The summed E-state index contributed by atoms with van der Waals surface area (Å²) >= 11 is 0. The summed E-state index contributed by atoms with van der Waals surface area (Å²) in [6.45, 7) is 6.96. The molecule has 0 aliphatic rings. The van der Waals surface area contributed by atoms with E-state index in [1.54, 1.807) is 6.07 Å². The summed E-state index contributed by atoms with van der Waals surface area (Å²) in [6.07, 6.45) is 2.08. The minimum Gasteiger partial charge on any atom is -0.330 e. The van der Waals surface area contributed by atoms with Gasteiger partial charge in [-0.25, -0.2) is 9.37 Å². The number of fused-ring (bicyclic) bond motifs is 1. The first-order valence-corrected chi connectivity index (χ1v) is 6.95. The molecule has 0 radical (unpaired) electrons. The van der Waals surface area contributed by atoms with Gasteiger partial charge in [-0.05, 0) is 32.4 Å². The van der Waals surface area contributed by atoms with Crippen LogP contribution in [0.2, 0.25) is 0 Å². The van der Waals surface area contributed by atoms with E-state index in [-0.39, 0.29) is 17.8 Å². The molecule has 1 unspecified atom stereocenters. The summed E-state index contributed by atoms with van der Waals surface area (Å²) < 4.78 is 15.5. The topological polar surface area (TPSA) is 43.8 Å². The van der Waals surface area contributed by atoms with Gasteiger partial charge in [0.2, 0.25) is 0 Å². The van der Waals surface area contributed by atoms with E-state index in [0.717, 1.165) is 29.7 Å². The van der Waals surface area contributed by atoms with Gasteiger partial charge in [-0.2, -0.15) is 0 Å². The maximum atomic E-state index is 13.3. The van der Waals surface area contributed by atoms with Crippen LogP contribution in [0.3, 0.4) is 0 Å². The smallest absolute Gasteiger partial charge is 0.125 e. The Hall–Kier alpha value is -1.42. The normalized spacial score (nSPS) is 13.4. The van der Waals surface area contributed by atoms with Crippen molar-refractivity contribution in [2.75, 3.05) is 6.54 Å². The van der Waals surface area contributed by atoms with Gasteiger partial charge >= 0.3 is 0 Å². The first-order chi connectivity index (χ1) is 9.08. The van der Waals surface area contributed by atoms with Crippen molar-refractivity contribution in [3.8, 4) is 0 Å². The van der Waals surface area contributed by atoms with Gasteiger partial charge in [0.1, 0.15) is 11.6 Å². The lowest BCUT2D eigenvalue weighted by atomic mass is 10.0. The second-order valence-electron chi connectivity index (χ2n) is 5.29. The van der Waals surface area contributed by atoms with Crippen LogP contribution in [0.4, 0.5) is 4.39 Å². The molecule has 2 rings (SSSR count). The highest BCUT2D eigenvalue weighted by Crippen LogP contribution is 2.28. The average Bonchev–Trinajstić information content (AvgIpc) is 2.73. The molecule has 2 aromatic rings. The van der Waals surface area contributed by atoms with Crippen LogP contribution in [0.15, 0.2) is 18.2 Å². The zero-order valence-electron chi connectivity index (χ0n) is 11.9. The molecule has 0 spiro atoms. The van der Waals surface area contributed by atoms with Gasteiger partial charge in [0, 0.05) is 24.6 Å². The van der Waals surface area contributed by atoms with Gasteiger partial charge in [-0.3, -0.25) is 0 Å². The molecule has 19 heavy (non-hydrogen) atoms. The number of nitrogens with zero attached hydrogens (tertiary/aromatic N) is 2. The van der Waals surface area contributed by atoms with Gasteiger partial charge in [0.25, 0.3) is 0 Å². The van der Waals surface area contributed by atoms with Crippen molar-refractivity contribution in [1.82, 2.24) is 9.55 Å². The van der Waals surface area contributed by atoms with E-state index in [1.165, 1.54) is 12.1 Å². The van der Waals surface area contributed by atoms with Crippen molar-refractivity contribution in [2.24, 2.45) is 5.73 Å². The molecule has 2 N–H and O–H groups in total. The zero-order valence-corrected chi connectivity index (χ0v) is 11.9. The second-order valence-corrected chi connectivity index (χ2v) is 5.29. The van der Waals surface area contributed by atoms with Gasteiger partial charge in [-0.1, -0.05) is 13.3 Å². The summed E-state index contributed by atoms with van der Waals surface area (Å²) in [6, 6.07) is 5.08. The third-order valence-corrected chi connectivity index (χ3v) is 3.48. The van der Waals surface area contributed by atoms with Crippen LogP contribution in [0, 0.1) is 5.82 Å². The molecule has 0 amide bonds. The highest BCUT2D eigenvalue weighted by molar-refractivity contribution is 5.76. The number of benzene rings is 1. The molecule has 0 aliphatic heterocycles. The molecule has 104 valence electrons. The maximum Gasteiger partial charge on any atom is 0.125 e. The lowest BCUT2D eigenvalue weighted by Gasteiger charge is -2.19. The Bertz CT molecular complexity index is 560. The maximum absolute atomic E-state index is 13.3. The monoisotopic (exact) mass is 263 g/mol. The number of nitrogens with two attached hydrogens (primary N) is 1. The Labute approximate surface area is 113 Å². The molecular formula is C15H22FN3. The van der Waals surface area contributed by atoms with Crippen LogP contribution in [-0.4, -0.2) is 16.1 Å². The average molecular weight is 263 g/mol. The van der Waals surface area contributed by atoms with E-state index in [1.807, 2.05) is 0 Å². The standard InChI is InChI=1S/C15H22FN3/c1-4-5-11(9-17)15-18-13-8-12(16)6-7-14(13)19(15)10(2)3/h6-8,10-11H,4-5,9,17H2,1-3H3. The van der Waals surface area contributed by atoms with Crippen molar-refractivity contribution < 1.29 is 4.39 Å². The van der Waals surface area contributed by atoms with Crippen molar-refractivity contribution >= 4 is 11.0 Å². The number of rotatable bonds is 5. The Morgan fingerprint density at radius 2 is 2.11 bits per heavy atom. The Morgan fingerprint density at radius 3 is 2.68 bits per heavy atom. The van der Waals surface area contributed by atoms with Crippen LogP contribution < -0.4 is 5.73 Å². The molecule has 0 saturated carbocycles. The number of aromatic nitrogens is 2. The third kappa shape index (κ3) is 2.63. The molecule has 4 heteroatoms. The predicted octanol–water partition coefficient (Wildman–Crippen LogP) is 3.60. The molecule has 1 aromatic carbocycles. The van der Waals surface area contributed by atoms with Gasteiger partial charge < -0.3 is 10.3 Å². The Balaban J connectivity index is 2.61. The van der Waals surface area contributed by atoms with Crippen LogP contribution in [-0.2, 0) is 0 Å². The third-order valence-electron chi connectivity index (χ3n) is 3.48. The van der Waals surface area contributed by atoms with E-state index >= 15 is 0 Å². The van der Waals surface area contributed by atoms with E-state index in [4.69, 9.17) is 5.73 Å². The molecule has 0 fully saturated rings. The predicted molar refractivity (Wildman–Crippen MR) is 76.8 cm³/mol. The highest BCUT2D eigenvalue weighted by Gasteiger charge is 2.20. The summed E-state index contributed by atoms with van der Waals surface area (Å²) in [5.74, 6) is 0.982. The molecule has 0 saturated heterocycles. The Kier molecular flexibility index (Phi) is 4.20. The molecule has 0 aliphatic carbocycles. The summed E-state index contributed by atoms with van der Waals surface area (Å²) in [5.41, 5.74) is 7.59. The minimum atomic E-state index is -0.243. The van der Waals surface area contributed by atoms with Crippen molar-refractivity contribution in [2.45, 2.75) is 45.6 Å². The molecular weight excluding hydrogens is 241 g/mol. The molecule has 3 nitrogen and oxygen atoms in total. The highest BCUT2D eigenvalue weighted by atomic mass is 19.1. The van der Waals surface area contributed by atoms with Crippen molar-refractivity contribution in [3.05, 3.63) is 29.8 Å². The second kappa shape index (κ2) is 5.70. The SMILES string of the molecule is CCCC(CN)c1nc2cc(F)ccc2n1C(C)C. The largest absolute Gasteiger partial charge is 0.330 e. The van der Waals surface area contributed by atoms with Crippen LogP contribution in [0.1, 0.15) is 51.4 Å². The summed E-state index contributed by atoms with van der Waals surface area (Å²) in [4.78, 5) is 4.63. The van der Waals surface area contributed by atoms with E-state index < -0.39 is 0 Å².